The molecule has 0 saturated carbocycles. The van der Waals surface area contributed by atoms with Crippen molar-refractivity contribution in [1.29, 1.82) is 0 Å². The molecule has 1 N–H and O–H groups in total. The summed E-state index contributed by atoms with van der Waals surface area (Å²) in [7, 11) is 0. The summed E-state index contributed by atoms with van der Waals surface area (Å²) in [6.45, 7) is 0. The van der Waals surface area contributed by atoms with Crippen molar-refractivity contribution in [1.82, 2.24) is 19.5 Å². The summed E-state index contributed by atoms with van der Waals surface area (Å²) in [6.07, 6.45) is 8.37. The number of hydrogen-bond acceptors (Lipinski definition) is 2. The Morgan fingerprint density at radius 2 is 0.925 bits per heavy atom. The Balaban J connectivity index is 0.00000400. The number of fused-ring (bicyclic) bond motifs is 8. The van der Waals surface area contributed by atoms with Crippen molar-refractivity contribution in [2.75, 3.05) is 0 Å². The van der Waals surface area contributed by atoms with Crippen molar-refractivity contribution in [2.45, 2.75) is 0 Å². The SMILES string of the molecule is Brc1ccccc1-c1c(-c2ccccc2Br)c2c(-c3ccccc3Br)c3nc(cc4ccc(cc5nc(cc1n2-c1ccccc1Br)C=C5)[nH]4)C=C3.[Co]. The van der Waals surface area contributed by atoms with Gasteiger partial charge in [0.05, 0.1) is 39.5 Å². The Morgan fingerprint density at radius 1 is 0.453 bits per heavy atom. The van der Waals surface area contributed by atoms with E-state index in [1.165, 1.54) is 0 Å². The first kappa shape index (κ1) is 35.9. The smallest absolute Gasteiger partial charge is 0.0737 e. The molecule has 5 heterocycles. The predicted octanol–water partition coefficient (Wildman–Crippen LogP) is 14.2. The fraction of sp³-hybridized carbons (Fsp3) is 0. The number of rotatable bonds is 4. The number of para-hydroxylation sites is 1. The van der Waals surface area contributed by atoms with Gasteiger partial charge in [-0.1, -0.05) is 115 Å². The molecular formula is C44H26Br4CoN4. The molecule has 0 atom stereocenters. The third-order valence-corrected chi connectivity index (χ3v) is 11.9. The van der Waals surface area contributed by atoms with E-state index in [1.54, 1.807) is 0 Å². The van der Waals surface area contributed by atoms with E-state index in [1.807, 2.05) is 12.1 Å². The van der Waals surface area contributed by atoms with E-state index >= 15 is 0 Å². The molecule has 259 valence electrons. The molecule has 4 aromatic carbocycles. The van der Waals surface area contributed by atoms with Crippen LogP contribution in [0.5, 0.6) is 0 Å². The number of hydrogen-bond donors (Lipinski definition) is 1. The van der Waals surface area contributed by atoms with Crippen LogP contribution in [0.2, 0.25) is 0 Å². The van der Waals surface area contributed by atoms with Gasteiger partial charge in [0.15, 0.2) is 0 Å². The average Bonchev–Trinajstić information content (AvgIpc) is 3.95. The molecule has 9 heteroatoms. The minimum absolute atomic E-state index is 0. The number of nitrogens with zero attached hydrogens (tertiary/aromatic N) is 3. The van der Waals surface area contributed by atoms with Gasteiger partial charge in [-0.05, 0) is 112 Å². The molecular weight excluding hydrogens is 963 g/mol. The van der Waals surface area contributed by atoms with E-state index in [2.05, 4.69) is 213 Å². The molecule has 0 amide bonds. The number of aromatic amines is 1. The first-order valence-electron chi connectivity index (χ1n) is 16.6. The minimum Gasteiger partial charge on any atom is -0.355 e. The molecule has 7 aromatic rings. The molecule has 0 aliphatic carbocycles. The van der Waals surface area contributed by atoms with Crippen molar-refractivity contribution in [3.63, 3.8) is 0 Å². The summed E-state index contributed by atoms with van der Waals surface area (Å²) in [4.78, 5) is 14.0. The van der Waals surface area contributed by atoms with Gasteiger partial charge in [-0.25, -0.2) is 9.97 Å². The molecule has 0 unspecified atom stereocenters. The van der Waals surface area contributed by atoms with Crippen molar-refractivity contribution in [2.24, 2.45) is 0 Å². The molecule has 8 bridgehead atoms. The molecule has 0 fully saturated rings. The van der Waals surface area contributed by atoms with Gasteiger partial charge in [0.25, 0.3) is 0 Å². The van der Waals surface area contributed by atoms with E-state index in [0.717, 1.165) is 102 Å². The van der Waals surface area contributed by atoms with Crippen molar-refractivity contribution >= 4 is 110 Å². The second-order valence-corrected chi connectivity index (χ2v) is 15.9. The van der Waals surface area contributed by atoms with Gasteiger partial charge >= 0.3 is 0 Å². The van der Waals surface area contributed by atoms with Crippen molar-refractivity contribution in [3.05, 3.63) is 168 Å². The topological polar surface area (TPSA) is 46.5 Å². The van der Waals surface area contributed by atoms with Crippen LogP contribution in [0.4, 0.5) is 0 Å². The zero-order valence-corrected chi connectivity index (χ0v) is 35.0. The van der Waals surface area contributed by atoms with Crippen LogP contribution in [0.3, 0.4) is 0 Å². The van der Waals surface area contributed by atoms with E-state index in [9.17, 15) is 0 Å². The summed E-state index contributed by atoms with van der Waals surface area (Å²) in [5.74, 6) is 0. The van der Waals surface area contributed by atoms with E-state index in [-0.39, 0.29) is 16.8 Å². The van der Waals surface area contributed by atoms with E-state index in [0.29, 0.717) is 0 Å². The second kappa shape index (κ2) is 15.0. The summed E-state index contributed by atoms with van der Waals surface area (Å²) in [5, 5.41) is 0. The molecule has 53 heavy (non-hydrogen) atoms. The monoisotopic (exact) mass is 985 g/mol. The Bertz CT molecular complexity index is 2820. The quantitative estimate of drug-likeness (QED) is 0.191. The number of benzene rings is 4. The van der Waals surface area contributed by atoms with Crippen LogP contribution in [0.25, 0.3) is 85.4 Å². The first-order valence-corrected chi connectivity index (χ1v) is 19.8. The van der Waals surface area contributed by atoms with Gasteiger partial charge in [-0.15, -0.1) is 0 Å². The molecule has 0 saturated heterocycles. The molecule has 9 rings (SSSR count). The van der Waals surface area contributed by atoms with Crippen LogP contribution in [-0.2, 0) is 16.8 Å². The number of halogens is 4. The number of H-pyrrole nitrogens is 1. The molecule has 2 aliphatic heterocycles. The van der Waals surface area contributed by atoms with Crippen LogP contribution in [0, 0.1) is 0 Å². The zero-order chi connectivity index (χ0) is 35.3. The molecule has 4 nitrogen and oxygen atoms in total. The molecule has 2 aliphatic rings. The minimum atomic E-state index is 0. The van der Waals surface area contributed by atoms with Crippen LogP contribution < -0.4 is 0 Å². The molecule has 0 spiro atoms. The van der Waals surface area contributed by atoms with Crippen molar-refractivity contribution in [3.8, 4) is 39.1 Å². The summed E-state index contributed by atoms with van der Waals surface area (Å²) in [5.41, 5.74) is 14.5. The third-order valence-electron chi connectivity index (χ3n) is 9.19. The van der Waals surface area contributed by atoms with E-state index in [4.69, 9.17) is 9.97 Å². The third kappa shape index (κ3) is 6.68. The second-order valence-electron chi connectivity index (χ2n) is 12.4. The Morgan fingerprint density at radius 3 is 1.51 bits per heavy atom. The van der Waals surface area contributed by atoms with Crippen LogP contribution in [-0.4, -0.2) is 19.5 Å². The normalized spacial score (nSPS) is 11.8. The standard InChI is InChI=1S/C44H26Br4N4.Co/c45-34-12-4-1-9-31(34)41-38-22-21-29(51-38)24-28-18-17-26(49-28)23-27-19-20-30(50-27)25-40-42(32-10-2-5-13-35(32)46)43(33-11-3-6-14-36(33)47)44(41)52(40)39-16-8-7-15-37(39)48;/h1-25,49H;. The fourth-order valence-corrected chi connectivity index (χ4v) is 8.88. The first-order chi connectivity index (χ1) is 25.4. The van der Waals surface area contributed by atoms with Crippen LogP contribution >= 0.6 is 63.7 Å². The van der Waals surface area contributed by atoms with Gasteiger partial charge in [0.1, 0.15) is 0 Å². The largest absolute Gasteiger partial charge is 0.355 e. The fourth-order valence-electron chi connectivity index (χ4n) is 6.97. The van der Waals surface area contributed by atoms with Crippen LogP contribution in [0.1, 0.15) is 22.8 Å². The van der Waals surface area contributed by atoms with Crippen molar-refractivity contribution < 1.29 is 16.8 Å². The average molecular weight is 989 g/mol. The summed E-state index contributed by atoms with van der Waals surface area (Å²) >= 11 is 15.9. The van der Waals surface area contributed by atoms with E-state index < -0.39 is 0 Å². The van der Waals surface area contributed by atoms with Gasteiger partial charge < -0.3 is 9.55 Å². The maximum atomic E-state index is 5.34. The van der Waals surface area contributed by atoms with Gasteiger partial charge in [-0.3, -0.25) is 0 Å². The maximum absolute atomic E-state index is 5.34. The molecule has 3 aromatic heterocycles. The summed E-state index contributed by atoms with van der Waals surface area (Å²) < 4.78 is 6.26. The zero-order valence-electron chi connectivity index (χ0n) is 27.6. The van der Waals surface area contributed by atoms with Gasteiger partial charge in [0.2, 0.25) is 0 Å². The number of nitrogens with one attached hydrogen (secondary N) is 1. The summed E-state index contributed by atoms with van der Waals surface area (Å²) in [6, 6.07) is 44.2. The Hall–Kier alpha value is -4.09. The number of aromatic nitrogens is 4. The molecule has 1 radical (unpaired) electrons. The Kier molecular flexibility index (Phi) is 10.1. The van der Waals surface area contributed by atoms with Gasteiger partial charge in [0, 0.05) is 68.0 Å². The predicted molar refractivity (Wildman–Crippen MR) is 231 cm³/mol. The Labute approximate surface area is 350 Å². The maximum Gasteiger partial charge on any atom is 0.0737 e. The van der Waals surface area contributed by atoms with Gasteiger partial charge in [-0.2, -0.15) is 0 Å². The van der Waals surface area contributed by atoms with Crippen LogP contribution in [0.15, 0.2) is 145 Å².